The smallest absolute Gasteiger partial charge is 0.370 e. The summed E-state index contributed by atoms with van der Waals surface area (Å²) in [7, 11) is 0. The SMILES string of the molecule is O=C(NCCOCC(F)(F)F)C1CNC1. The van der Waals surface area contributed by atoms with E-state index in [0.29, 0.717) is 13.1 Å². The Morgan fingerprint density at radius 1 is 1.47 bits per heavy atom. The maximum atomic E-state index is 11.6. The van der Waals surface area contributed by atoms with E-state index in [9.17, 15) is 18.0 Å². The number of rotatable bonds is 5. The number of carbonyl (C=O) groups is 1. The first-order valence-corrected chi connectivity index (χ1v) is 4.62. The second-order valence-corrected chi connectivity index (χ2v) is 3.31. The molecule has 0 saturated carbocycles. The number of carbonyl (C=O) groups excluding carboxylic acids is 1. The molecule has 0 aromatic heterocycles. The molecule has 1 fully saturated rings. The van der Waals surface area contributed by atoms with E-state index < -0.39 is 12.8 Å². The molecule has 0 unspecified atom stereocenters. The normalized spacial score (nSPS) is 17.3. The fourth-order valence-electron chi connectivity index (χ4n) is 1.05. The Balaban J connectivity index is 1.94. The molecule has 15 heavy (non-hydrogen) atoms. The van der Waals surface area contributed by atoms with Gasteiger partial charge in [0.05, 0.1) is 12.5 Å². The highest BCUT2D eigenvalue weighted by molar-refractivity contribution is 5.79. The number of amides is 1. The Bertz CT molecular complexity index is 216. The van der Waals surface area contributed by atoms with Crippen LogP contribution in [0.15, 0.2) is 0 Å². The van der Waals surface area contributed by atoms with Crippen molar-refractivity contribution in [3.05, 3.63) is 0 Å². The van der Waals surface area contributed by atoms with E-state index in [1.807, 2.05) is 0 Å². The molecule has 0 bridgehead atoms. The lowest BCUT2D eigenvalue weighted by molar-refractivity contribution is -0.173. The van der Waals surface area contributed by atoms with Gasteiger partial charge in [-0.25, -0.2) is 0 Å². The lowest BCUT2D eigenvalue weighted by Gasteiger charge is -2.25. The topological polar surface area (TPSA) is 50.4 Å². The van der Waals surface area contributed by atoms with Crippen molar-refractivity contribution in [2.75, 3.05) is 32.8 Å². The minimum atomic E-state index is -4.30. The van der Waals surface area contributed by atoms with Crippen LogP contribution in [0.25, 0.3) is 0 Å². The molecule has 0 aromatic rings. The van der Waals surface area contributed by atoms with Crippen molar-refractivity contribution in [1.29, 1.82) is 0 Å². The molecule has 1 heterocycles. The predicted octanol–water partition coefficient (Wildman–Crippen LogP) is -0.0991. The first-order valence-electron chi connectivity index (χ1n) is 4.62. The van der Waals surface area contributed by atoms with Crippen molar-refractivity contribution in [1.82, 2.24) is 10.6 Å². The zero-order chi connectivity index (χ0) is 11.3. The van der Waals surface area contributed by atoms with Gasteiger partial charge in [-0.15, -0.1) is 0 Å². The van der Waals surface area contributed by atoms with Gasteiger partial charge in [-0.2, -0.15) is 13.2 Å². The van der Waals surface area contributed by atoms with Gasteiger partial charge in [0.1, 0.15) is 6.61 Å². The molecular formula is C8H13F3N2O2. The van der Waals surface area contributed by atoms with Crippen LogP contribution in [0.4, 0.5) is 13.2 Å². The lowest BCUT2D eigenvalue weighted by atomic mass is 10.0. The first-order chi connectivity index (χ1) is 6.99. The van der Waals surface area contributed by atoms with Crippen molar-refractivity contribution < 1.29 is 22.7 Å². The van der Waals surface area contributed by atoms with Gasteiger partial charge in [-0.1, -0.05) is 0 Å². The molecule has 1 saturated heterocycles. The summed E-state index contributed by atoms with van der Waals surface area (Å²) in [6.45, 7) is -0.00481. The molecule has 0 radical (unpaired) electrons. The van der Waals surface area contributed by atoms with Gasteiger partial charge in [0, 0.05) is 19.6 Å². The molecule has 1 amide bonds. The zero-order valence-corrected chi connectivity index (χ0v) is 8.06. The molecule has 88 valence electrons. The Kier molecular flexibility index (Phi) is 4.34. The summed E-state index contributed by atoms with van der Waals surface area (Å²) in [4.78, 5) is 11.2. The highest BCUT2D eigenvalue weighted by Crippen LogP contribution is 2.13. The van der Waals surface area contributed by atoms with E-state index >= 15 is 0 Å². The third kappa shape index (κ3) is 4.98. The second kappa shape index (κ2) is 5.32. The molecule has 0 aliphatic carbocycles. The summed E-state index contributed by atoms with van der Waals surface area (Å²) in [5.41, 5.74) is 0. The van der Waals surface area contributed by atoms with Crippen molar-refractivity contribution >= 4 is 5.91 Å². The van der Waals surface area contributed by atoms with Gasteiger partial charge in [-0.05, 0) is 0 Å². The summed E-state index contributed by atoms with van der Waals surface area (Å²) in [5.74, 6) is -0.183. The minimum absolute atomic E-state index is 0.0485. The standard InChI is InChI=1S/C8H13F3N2O2/c9-8(10,11)5-15-2-1-13-7(14)6-3-12-4-6/h6,12H,1-5H2,(H,13,14). The van der Waals surface area contributed by atoms with Crippen LogP contribution in [-0.4, -0.2) is 44.9 Å². The average Bonchev–Trinajstić information content (AvgIpc) is 1.97. The minimum Gasteiger partial charge on any atom is -0.370 e. The van der Waals surface area contributed by atoms with Crippen LogP contribution in [0.3, 0.4) is 0 Å². The molecule has 0 atom stereocenters. The highest BCUT2D eigenvalue weighted by Gasteiger charge is 2.27. The summed E-state index contributed by atoms with van der Waals surface area (Å²) in [5, 5.41) is 5.42. The monoisotopic (exact) mass is 226 g/mol. The average molecular weight is 226 g/mol. The Hall–Kier alpha value is -0.820. The molecule has 1 rings (SSSR count). The van der Waals surface area contributed by atoms with Gasteiger partial charge < -0.3 is 15.4 Å². The highest BCUT2D eigenvalue weighted by atomic mass is 19.4. The van der Waals surface area contributed by atoms with Crippen LogP contribution < -0.4 is 10.6 Å². The molecule has 4 nitrogen and oxygen atoms in total. The van der Waals surface area contributed by atoms with Gasteiger partial charge in [-0.3, -0.25) is 4.79 Å². The number of alkyl halides is 3. The van der Waals surface area contributed by atoms with Crippen LogP contribution >= 0.6 is 0 Å². The molecule has 7 heteroatoms. The van der Waals surface area contributed by atoms with Crippen LogP contribution in [-0.2, 0) is 9.53 Å². The van der Waals surface area contributed by atoms with E-state index in [0.717, 1.165) is 0 Å². The summed E-state index contributed by atoms with van der Waals surface area (Å²) < 4.78 is 39.2. The quantitative estimate of drug-likeness (QED) is 0.644. The van der Waals surface area contributed by atoms with Crippen molar-refractivity contribution in [3.8, 4) is 0 Å². The molecule has 0 aromatic carbocycles. The number of halogens is 3. The Morgan fingerprint density at radius 3 is 2.60 bits per heavy atom. The molecule has 1 aliphatic rings. The molecule has 0 spiro atoms. The van der Waals surface area contributed by atoms with Crippen LogP contribution in [0, 0.1) is 5.92 Å². The fourth-order valence-corrected chi connectivity index (χ4v) is 1.05. The second-order valence-electron chi connectivity index (χ2n) is 3.31. The first kappa shape index (κ1) is 12.3. The van der Waals surface area contributed by atoms with E-state index in [2.05, 4.69) is 15.4 Å². The summed E-state index contributed by atoms with van der Waals surface area (Å²) in [6.07, 6.45) is -4.30. The third-order valence-electron chi connectivity index (χ3n) is 1.96. The molecule has 2 N–H and O–H groups in total. The Labute approximate surface area is 85.2 Å². The zero-order valence-electron chi connectivity index (χ0n) is 8.06. The van der Waals surface area contributed by atoms with Crippen molar-refractivity contribution in [3.63, 3.8) is 0 Å². The van der Waals surface area contributed by atoms with Gasteiger partial charge >= 0.3 is 6.18 Å². The summed E-state index contributed by atoms with van der Waals surface area (Å²) in [6, 6.07) is 0. The van der Waals surface area contributed by atoms with E-state index in [-0.39, 0.29) is 25.0 Å². The van der Waals surface area contributed by atoms with Gasteiger partial charge in [0.25, 0.3) is 0 Å². The summed E-state index contributed by atoms with van der Waals surface area (Å²) >= 11 is 0. The fraction of sp³-hybridized carbons (Fsp3) is 0.875. The van der Waals surface area contributed by atoms with Gasteiger partial charge in [0.2, 0.25) is 5.91 Å². The van der Waals surface area contributed by atoms with Crippen molar-refractivity contribution in [2.45, 2.75) is 6.18 Å². The van der Waals surface area contributed by atoms with Crippen LogP contribution in [0.1, 0.15) is 0 Å². The van der Waals surface area contributed by atoms with Crippen LogP contribution in [0.5, 0.6) is 0 Å². The lowest BCUT2D eigenvalue weighted by Crippen LogP contribution is -2.51. The van der Waals surface area contributed by atoms with Gasteiger partial charge in [0.15, 0.2) is 0 Å². The van der Waals surface area contributed by atoms with Crippen molar-refractivity contribution in [2.24, 2.45) is 5.92 Å². The maximum absolute atomic E-state index is 11.6. The molecular weight excluding hydrogens is 213 g/mol. The maximum Gasteiger partial charge on any atom is 0.411 e. The van der Waals surface area contributed by atoms with E-state index in [1.165, 1.54) is 0 Å². The Morgan fingerprint density at radius 2 is 2.13 bits per heavy atom. The predicted molar refractivity (Wildman–Crippen MR) is 46.2 cm³/mol. The number of hydrogen-bond acceptors (Lipinski definition) is 3. The largest absolute Gasteiger partial charge is 0.411 e. The van der Waals surface area contributed by atoms with E-state index in [4.69, 9.17) is 0 Å². The van der Waals surface area contributed by atoms with E-state index in [1.54, 1.807) is 0 Å². The third-order valence-corrected chi connectivity index (χ3v) is 1.96. The number of ether oxygens (including phenoxy) is 1. The molecule has 1 aliphatic heterocycles. The number of hydrogen-bond donors (Lipinski definition) is 2. The number of nitrogens with one attached hydrogen (secondary N) is 2. The van der Waals surface area contributed by atoms with Crippen LogP contribution in [0.2, 0.25) is 0 Å².